The molecule has 0 saturated heterocycles. The number of carbonyl (C=O) groups excluding carboxylic acids is 1. The Morgan fingerprint density at radius 1 is 0.912 bits per heavy atom. The van der Waals surface area contributed by atoms with Crippen LogP contribution in [0.4, 0.5) is 0 Å². The fourth-order valence-electron chi connectivity index (χ4n) is 3.92. The SMILES string of the molecule is O=C(CCCCCn1c(=O)c2sccc2n(Cc2cccc(Cl)c2)c1=O)NCc1ccccc1. The third-order valence-electron chi connectivity index (χ3n) is 5.68. The first-order valence-corrected chi connectivity index (χ1v) is 12.5. The summed E-state index contributed by atoms with van der Waals surface area (Å²) in [5.41, 5.74) is 2.03. The van der Waals surface area contributed by atoms with E-state index in [4.69, 9.17) is 11.6 Å². The van der Waals surface area contributed by atoms with Crippen molar-refractivity contribution in [1.29, 1.82) is 0 Å². The smallest absolute Gasteiger partial charge is 0.331 e. The van der Waals surface area contributed by atoms with Crippen LogP contribution < -0.4 is 16.6 Å². The number of nitrogens with zero attached hydrogens (tertiary/aromatic N) is 2. The van der Waals surface area contributed by atoms with Gasteiger partial charge in [-0.1, -0.05) is 60.5 Å². The molecular weight excluding hydrogens is 470 g/mol. The summed E-state index contributed by atoms with van der Waals surface area (Å²) in [5.74, 6) is 0.00454. The number of hydrogen-bond donors (Lipinski definition) is 1. The molecule has 2 heterocycles. The molecule has 0 spiro atoms. The summed E-state index contributed by atoms with van der Waals surface area (Å²) in [7, 11) is 0. The van der Waals surface area contributed by atoms with Crippen LogP contribution in [0.2, 0.25) is 5.02 Å². The van der Waals surface area contributed by atoms with Crippen LogP contribution in [0.5, 0.6) is 0 Å². The molecule has 4 aromatic rings. The van der Waals surface area contributed by atoms with E-state index in [0.717, 1.165) is 17.5 Å². The van der Waals surface area contributed by atoms with Crippen molar-refractivity contribution in [3.63, 3.8) is 0 Å². The summed E-state index contributed by atoms with van der Waals surface area (Å²) < 4.78 is 3.52. The molecule has 34 heavy (non-hydrogen) atoms. The van der Waals surface area contributed by atoms with Gasteiger partial charge in [-0.2, -0.15) is 0 Å². The van der Waals surface area contributed by atoms with Crippen molar-refractivity contribution in [2.45, 2.75) is 45.3 Å². The summed E-state index contributed by atoms with van der Waals surface area (Å²) in [6, 6.07) is 19.0. The first-order valence-electron chi connectivity index (χ1n) is 11.3. The highest BCUT2D eigenvalue weighted by Gasteiger charge is 2.14. The van der Waals surface area contributed by atoms with E-state index in [-0.39, 0.29) is 17.2 Å². The molecule has 1 amide bonds. The Balaban J connectivity index is 1.37. The Kier molecular flexibility index (Phi) is 7.98. The zero-order chi connectivity index (χ0) is 23.9. The second-order valence-corrected chi connectivity index (χ2v) is 9.52. The van der Waals surface area contributed by atoms with E-state index >= 15 is 0 Å². The maximum Gasteiger partial charge on any atom is 0.331 e. The average molecular weight is 496 g/mol. The fourth-order valence-corrected chi connectivity index (χ4v) is 4.97. The topological polar surface area (TPSA) is 73.1 Å². The number of fused-ring (bicyclic) bond motifs is 1. The standard InChI is InChI=1S/C26H26ClN3O3S/c27-21-11-7-10-20(16-21)18-30-22-13-15-34-24(22)25(32)29(26(30)33)14-6-2-5-12-23(31)28-17-19-8-3-1-4-9-19/h1,3-4,7-11,13,15-16H,2,5-6,12,14,17-18H2,(H,28,31). The minimum absolute atomic E-state index is 0.00454. The second-order valence-electron chi connectivity index (χ2n) is 8.16. The van der Waals surface area contributed by atoms with Gasteiger partial charge in [0.2, 0.25) is 5.91 Å². The van der Waals surface area contributed by atoms with E-state index in [1.165, 1.54) is 15.9 Å². The molecule has 0 aliphatic carbocycles. The number of benzene rings is 2. The lowest BCUT2D eigenvalue weighted by Gasteiger charge is -2.12. The highest BCUT2D eigenvalue weighted by Crippen LogP contribution is 2.18. The van der Waals surface area contributed by atoms with Crippen molar-refractivity contribution >= 4 is 39.1 Å². The van der Waals surface area contributed by atoms with E-state index in [1.54, 1.807) is 10.6 Å². The summed E-state index contributed by atoms with van der Waals surface area (Å²) in [6.45, 7) is 1.18. The van der Waals surface area contributed by atoms with Crippen molar-refractivity contribution < 1.29 is 4.79 Å². The lowest BCUT2D eigenvalue weighted by atomic mass is 10.1. The van der Waals surface area contributed by atoms with Gasteiger partial charge in [0, 0.05) is 24.5 Å². The van der Waals surface area contributed by atoms with Crippen LogP contribution in [0.15, 0.2) is 75.6 Å². The predicted molar refractivity (Wildman–Crippen MR) is 138 cm³/mol. The lowest BCUT2D eigenvalue weighted by Crippen LogP contribution is -2.39. The zero-order valence-corrected chi connectivity index (χ0v) is 20.3. The largest absolute Gasteiger partial charge is 0.352 e. The van der Waals surface area contributed by atoms with E-state index < -0.39 is 0 Å². The van der Waals surface area contributed by atoms with Crippen molar-refractivity contribution in [2.75, 3.05) is 0 Å². The van der Waals surface area contributed by atoms with Gasteiger partial charge in [0.1, 0.15) is 4.70 Å². The third kappa shape index (κ3) is 5.85. The zero-order valence-electron chi connectivity index (χ0n) is 18.7. The van der Waals surface area contributed by atoms with Crippen LogP contribution in [-0.2, 0) is 24.4 Å². The number of rotatable bonds is 10. The molecule has 6 nitrogen and oxygen atoms in total. The van der Waals surface area contributed by atoms with Crippen LogP contribution in [0.25, 0.3) is 10.2 Å². The van der Waals surface area contributed by atoms with Gasteiger partial charge in [-0.25, -0.2) is 4.79 Å². The average Bonchev–Trinajstić information content (AvgIpc) is 3.33. The molecule has 176 valence electrons. The molecule has 4 rings (SSSR count). The minimum atomic E-state index is -0.323. The molecule has 0 fully saturated rings. The minimum Gasteiger partial charge on any atom is -0.352 e. The first-order chi connectivity index (χ1) is 16.5. The Hall–Kier alpha value is -3.16. The number of amides is 1. The maximum absolute atomic E-state index is 13.2. The molecule has 8 heteroatoms. The molecule has 0 saturated carbocycles. The van der Waals surface area contributed by atoms with E-state index in [0.29, 0.717) is 54.1 Å². The number of hydrogen-bond acceptors (Lipinski definition) is 4. The van der Waals surface area contributed by atoms with Gasteiger partial charge in [-0.15, -0.1) is 11.3 Å². The predicted octanol–water partition coefficient (Wildman–Crippen LogP) is 4.80. The van der Waals surface area contributed by atoms with Gasteiger partial charge >= 0.3 is 5.69 Å². The van der Waals surface area contributed by atoms with E-state index in [9.17, 15) is 14.4 Å². The van der Waals surface area contributed by atoms with E-state index in [1.807, 2.05) is 60.0 Å². The monoisotopic (exact) mass is 495 g/mol. The third-order valence-corrected chi connectivity index (χ3v) is 6.81. The van der Waals surface area contributed by atoms with Crippen LogP contribution in [0.3, 0.4) is 0 Å². The van der Waals surface area contributed by atoms with Crippen molar-refractivity contribution in [1.82, 2.24) is 14.5 Å². The Morgan fingerprint density at radius 2 is 1.71 bits per heavy atom. The number of carbonyl (C=O) groups is 1. The normalized spacial score (nSPS) is 11.1. The highest BCUT2D eigenvalue weighted by atomic mass is 35.5. The quantitative estimate of drug-likeness (QED) is 0.321. The maximum atomic E-state index is 13.2. The molecule has 0 aliphatic rings. The number of aromatic nitrogens is 2. The molecule has 0 unspecified atom stereocenters. The molecule has 0 bridgehead atoms. The first kappa shape index (κ1) is 24.0. The van der Waals surface area contributed by atoms with Gasteiger partial charge in [0.15, 0.2) is 0 Å². The number of unbranched alkanes of at least 4 members (excludes halogenated alkanes) is 2. The summed E-state index contributed by atoms with van der Waals surface area (Å²) in [4.78, 5) is 38.2. The summed E-state index contributed by atoms with van der Waals surface area (Å²) >= 11 is 7.45. The van der Waals surface area contributed by atoms with Gasteiger partial charge in [-0.3, -0.25) is 18.7 Å². The van der Waals surface area contributed by atoms with Crippen molar-refractivity contribution in [3.8, 4) is 0 Å². The molecule has 2 aromatic carbocycles. The van der Waals surface area contributed by atoms with Crippen LogP contribution >= 0.6 is 22.9 Å². The summed E-state index contributed by atoms with van der Waals surface area (Å²) in [5, 5.41) is 5.36. The lowest BCUT2D eigenvalue weighted by molar-refractivity contribution is -0.121. The number of nitrogens with one attached hydrogen (secondary N) is 1. The van der Waals surface area contributed by atoms with Gasteiger partial charge < -0.3 is 5.32 Å². The molecular formula is C26H26ClN3O3S. The Labute approximate surface area is 206 Å². The number of thiophene rings is 1. The van der Waals surface area contributed by atoms with Crippen molar-refractivity contribution in [2.24, 2.45) is 0 Å². The highest BCUT2D eigenvalue weighted by molar-refractivity contribution is 7.17. The Bertz CT molecular complexity index is 1390. The summed E-state index contributed by atoms with van der Waals surface area (Å²) in [6.07, 6.45) is 2.52. The van der Waals surface area contributed by atoms with E-state index in [2.05, 4.69) is 5.32 Å². The second kappa shape index (κ2) is 11.3. The molecule has 2 aromatic heterocycles. The fraction of sp³-hybridized carbons (Fsp3) is 0.269. The molecule has 0 radical (unpaired) electrons. The Morgan fingerprint density at radius 3 is 2.50 bits per heavy atom. The van der Waals surface area contributed by atoms with Gasteiger partial charge in [0.25, 0.3) is 5.56 Å². The van der Waals surface area contributed by atoms with Crippen LogP contribution in [-0.4, -0.2) is 15.0 Å². The molecule has 0 aliphatic heterocycles. The molecule has 0 atom stereocenters. The van der Waals surface area contributed by atoms with Gasteiger partial charge in [-0.05, 0) is 47.5 Å². The molecule has 1 N–H and O–H groups in total. The number of halogens is 1. The van der Waals surface area contributed by atoms with Crippen molar-refractivity contribution in [3.05, 3.63) is 103 Å². The van der Waals surface area contributed by atoms with Crippen LogP contribution in [0.1, 0.15) is 36.8 Å². The van der Waals surface area contributed by atoms with Gasteiger partial charge in [0.05, 0.1) is 12.1 Å². The van der Waals surface area contributed by atoms with Crippen LogP contribution in [0, 0.1) is 0 Å².